The molecule has 0 aliphatic carbocycles. The molecule has 0 aromatic heterocycles. The molecule has 0 bridgehead atoms. The minimum absolute atomic E-state index is 0.317. The molecule has 2 N–H and O–H groups in total. The first-order valence-electron chi connectivity index (χ1n) is 8.89. The molecule has 134 valence electrons. The summed E-state index contributed by atoms with van der Waals surface area (Å²) in [6.07, 6.45) is 2.99. The van der Waals surface area contributed by atoms with Gasteiger partial charge in [0.2, 0.25) is 10.0 Å². The summed E-state index contributed by atoms with van der Waals surface area (Å²) in [7, 11) is -3.42. The van der Waals surface area contributed by atoms with Gasteiger partial charge < -0.3 is 15.5 Å². The number of benzene rings is 1. The summed E-state index contributed by atoms with van der Waals surface area (Å²) in [5.74, 6) is 0. The Kier molecular flexibility index (Phi) is 5.32. The maximum Gasteiger partial charge on any atom is 0.243 e. The zero-order valence-corrected chi connectivity index (χ0v) is 15.3. The number of anilines is 2. The molecule has 2 fully saturated rings. The zero-order chi connectivity index (χ0) is 17.2. The minimum atomic E-state index is -3.42. The van der Waals surface area contributed by atoms with Crippen molar-refractivity contribution in [3.8, 4) is 0 Å². The maximum atomic E-state index is 12.8. The van der Waals surface area contributed by atoms with Gasteiger partial charge in [0.1, 0.15) is 0 Å². The van der Waals surface area contributed by atoms with Gasteiger partial charge in [0.25, 0.3) is 0 Å². The van der Waals surface area contributed by atoms with Crippen LogP contribution in [-0.4, -0.2) is 63.4 Å². The Morgan fingerprint density at radius 1 is 1.00 bits per heavy atom. The van der Waals surface area contributed by atoms with E-state index in [-0.39, 0.29) is 0 Å². The molecule has 2 aliphatic heterocycles. The lowest BCUT2D eigenvalue weighted by atomic mass is 10.2. The summed E-state index contributed by atoms with van der Waals surface area (Å²) < 4.78 is 27.1. The number of rotatable bonds is 4. The predicted octanol–water partition coefficient (Wildman–Crippen LogP) is 1.59. The van der Waals surface area contributed by atoms with Crippen molar-refractivity contribution >= 4 is 21.4 Å². The van der Waals surface area contributed by atoms with Gasteiger partial charge >= 0.3 is 0 Å². The van der Waals surface area contributed by atoms with Crippen molar-refractivity contribution in [1.29, 1.82) is 0 Å². The number of piperazine rings is 1. The normalized spacial score (nSPS) is 21.1. The molecule has 0 amide bonds. The highest BCUT2D eigenvalue weighted by molar-refractivity contribution is 7.89. The molecule has 0 unspecified atom stereocenters. The number of piperidine rings is 1. The predicted molar refractivity (Wildman–Crippen MR) is 97.8 cm³/mol. The van der Waals surface area contributed by atoms with Gasteiger partial charge in [-0.2, -0.15) is 4.31 Å². The fraction of sp³-hybridized carbons (Fsp3) is 0.647. The molecule has 2 heterocycles. The largest absolute Gasteiger partial charge is 0.397 e. The van der Waals surface area contributed by atoms with Crippen LogP contribution < -0.4 is 10.6 Å². The first-order valence-corrected chi connectivity index (χ1v) is 10.3. The van der Waals surface area contributed by atoms with Crippen LogP contribution in [0.4, 0.5) is 11.4 Å². The molecule has 6 nitrogen and oxygen atoms in total. The van der Waals surface area contributed by atoms with Crippen LogP contribution in [0.25, 0.3) is 0 Å². The number of sulfonamides is 1. The fourth-order valence-electron chi connectivity index (χ4n) is 3.54. The lowest BCUT2D eigenvalue weighted by Gasteiger charge is -2.36. The van der Waals surface area contributed by atoms with Crippen LogP contribution in [0.1, 0.15) is 26.2 Å². The van der Waals surface area contributed by atoms with Gasteiger partial charge in [-0.1, -0.05) is 13.3 Å². The Morgan fingerprint density at radius 3 is 2.25 bits per heavy atom. The van der Waals surface area contributed by atoms with Gasteiger partial charge in [-0.15, -0.1) is 0 Å². The molecule has 1 aromatic rings. The van der Waals surface area contributed by atoms with Crippen molar-refractivity contribution in [2.75, 3.05) is 56.4 Å². The lowest BCUT2D eigenvalue weighted by Crippen LogP contribution is -2.46. The van der Waals surface area contributed by atoms with Gasteiger partial charge in [0.15, 0.2) is 0 Å². The van der Waals surface area contributed by atoms with E-state index < -0.39 is 10.0 Å². The SMILES string of the molecule is CCN1CCN(c2ccc(S(=O)(=O)N3CCCCC3)cc2N)CC1. The Hall–Kier alpha value is -1.31. The van der Waals surface area contributed by atoms with Gasteiger partial charge in [-0.3, -0.25) is 0 Å². The van der Waals surface area contributed by atoms with Gasteiger partial charge in [0, 0.05) is 39.3 Å². The minimum Gasteiger partial charge on any atom is -0.397 e. The second-order valence-corrected chi connectivity index (χ2v) is 8.54. The number of nitrogens with two attached hydrogens (primary N) is 1. The van der Waals surface area contributed by atoms with E-state index in [1.807, 2.05) is 6.07 Å². The Bertz CT molecular complexity index is 663. The fourth-order valence-corrected chi connectivity index (χ4v) is 5.09. The van der Waals surface area contributed by atoms with E-state index in [1.54, 1.807) is 16.4 Å². The Balaban J connectivity index is 1.77. The smallest absolute Gasteiger partial charge is 0.243 e. The third kappa shape index (κ3) is 3.53. The first kappa shape index (κ1) is 17.5. The van der Waals surface area contributed by atoms with E-state index in [0.717, 1.165) is 57.7 Å². The monoisotopic (exact) mass is 352 g/mol. The highest BCUT2D eigenvalue weighted by Gasteiger charge is 2.27. The third-order valence-electron chi connectivity index (χ3n) is 5.11. The first-order chi connectivity index (χ1) is 11.5. The van der Waals surface area contributed by atoms with E-state index in [2.05, 4.69) is 16.7 Å². The second-order valence-electron chi connectivity index (χ2n) is 6.61. The number of likely N-dealkylation sites (N-methyl/N-ethyl adjacent to an activating group) is 1. The van der Waals surface area contributed by atoms with Crippen LogP contribution in [0.5, 0.6) is 0 Å². The molecule has 1 aromatic carbocycles. The summed E-state index contributed by atoms with van der Waals surface area (Å²) in [5, 5.41) is 0. The summed E-state index contributed by atoms with van der Waals surface area (Å²) in [6, 6.07) is 5.21. The Labute approximate surface area is 145 Å². The molecule has 2 saturated heterocycles. The molecule has 0 spiro atoms. The molecular formula is C17H28N4O2S. The van der Waals surface area contributed by atoms with Crippen LogP contribution in [-0.2, 0) is 10.0 Å². The van der Waals surface area contributed by atoms with Crippen molar-refractivity contribution < 1.29 is 8.42 Å². The lowest BCUT2D eigenvalue weighted by molar-refractivity contribution is 0.271. The average molecular weight is 353 g/mol. The number of nitrogen functional groups attached to an aromatic ring is 1. The summed E-state index contributed by atoms with van der Waals surface area (Å²) in [6.45, 7) is 8.35. The van der Waals surface area contributed by atoms with Crippen molar-refractivity contribution in [2.24, 2.45) is 0 Å². The molecule has 0 radical (unpaired) electrons. The summed E-state index contributed by atoms with van der Waals surface area (Å²) >= 11 is 0. The molecule has 2 aliphatic rings. The van der Waals surface area contributed by atoms with Crippen molar-refractivity contribution in [2.45, 2.75) is 31.1 Å². The van der Waals surface area contributed by atoms with Crippen molar-refractivity contribution in [1.82, 2.24) is 9.21 Å². The molecule has 24 heavy (non-hydrogen) atoms. The van der Waals surface area contributed by atoms with E-state index in [4.69, 9.17) is 5.73 Å². The maximum absolute atomic E-state index is 12.8. The third-order valence-corrected chi connectivity index (χ3v) is 7.01. The van der Waals surface area contributed by atoms with E-state index in [9.17, 15) is 8.42 Å². The molecule has 0 atom stereocenters. The summed E-state index contributed by atoms with van der Waals surface area (Å²) in [4.78, 5) is 4.97. The molecule has 7 heteroatoms. The van der Waals surface area contributed by atoms with E-state index >= 15 is 0 Å². The van der Waals surface area contributed by atoms with Gasteiger partial charge in [0.05, 0.1) is 16.3 Å². The van der Waals surface area contributed by atoms with E-state index in [1.165, 1.54) is 0 Å². The van der Waals surface area contributed by atoms with Crippen LogP contribution >= 0.6 is 0 Å². The average Bonchev–Trinajstić information content (AvgIpc) is 2.62. The Morgan fingerprint density at radius 2 is 1.67 bits per heavy atom. The van der Waals surface area contributed by atoms with Crippen molar-refractivity contribution in [3.05, 3.63) is 18.2 Å². The molecular weight excluding hydrogens is 324 g/mol. The number of hydrogen-bond donors (Lipinski definition) is 1. The zero-order valence-electron chi connectivity index (χ0n) is 14.4. The highest BCUT2D eigenvalue weighted by atomic mass is 32.2. The van der Waals surface area contributed by atoms with Gasteiger partial charge in [-0.25, -0.2) is 8.42 Å². The van der Waals surface area contributed by atoms with Gasteiger partial charge in [-0.05, 0) is 37.6 Å². The topological polar surface area (TPSA) is 69.9 Å². The molecule has 0 saturated carbocycles. The number of nitrogens with zero attached hydrogens (tertiary/aromatic N) is 3. The van der Waals surface area contributed by atoms with Crippen LogP contribution in [0, 0.1) is 0 Å². The summed E-state index contributed by atoms with van der Waals surface area (Å²) in [5.41, 5.74) is 7.71. The van der Waals surface area contributed by atoms with Crippen molar-refractivity contribution in [3.63, 3.8) is 0 Å². The second kappa shape index (κ2) is 7.29. The van der Waals surface area contributed by atoms with Crippen LogP contribution in [0.3, 0.4) is 0 Å². The van der Waals surface area contributed by atoms with E-state index in [0.29, 0.717) is 23.7 Å². The quantitative estimate of drug-likeness (QED) is 0.833. The van der Waals surface area contributed by atoms with Crippen LogP contribution in [0.15, 0.2) is 23.1 Å². The molecule has 3 rings (SSSR count). The van der Waals surface area contributed by atoms with Crippen LogP contribution in [0.2, 0.25) is 0 Å². The standard InChI is InChI=1S/C17H28N4O2S/c1-2-19-10-12-20(13-11-19)17-7-6-15(14-16(17)18)24(22,23)21-8-4-3-5-9-21/h6-7,14H,2-5,8-13,18H2,1H3. The number of hydrogen-bond acceptors (Lipinski definition) is 5. The highest BCUT2D eigenvalue weighted by Crippen LogP contribution is 2.29.